The van der Waals surface area contributed by atoms with E-state index in [1.807, 2.05) is 12.1 Å². The Morgan fingerprint density at radius 1 is 0.479 bits per heavy atom. The molecule has 3 aliphatic rings. The average molecular weight is 609 g/mol. The van der Waals surface area contributed by atoms with Gasteiger partial charge in [-0.2, -0.15) is 0 Å². The third-order valence-corrected chi connectivity index (χ3v) is 11.1. The number of benzene rings is 6. The van der Waals surface area contributed by atoms with Crippen molar-refractivity contribution in [2.75, 3.05) is 4.90 Å². The van der Waals surface area contributed by atoms with E-state index in [9.17, 15) is 0 Å². The summed E-state index contributed by atoms with van der Waals surface area (Å²) in [7, 11) is 0. The Balaban J connectivity index is 1.29. The van der Waals surface area contributed by atoms with Crippen LogP contribution >= 0.6 is 0 Å². The average Bonchev–Trinajstić information content (AvgIpc) is 3.71. The normalized spacial score (nSPS) is 13.8. The SMILES string of the molecule is c1ccc(N2c3cnc4c5c(cc6c7ccccc7oc64)-c4cccc6c4B(c35)c3c2cnc2c3c-6cc3c4ccccc4oc32)cc1. The molecule has 0 amide bonds. The molecule has 5 nitrogen and oxygen atoms in total. The van der Waals surface area contributed by atoms with Crippen molar-refractivity contribution in [3.05, 3.63) is 122 Å². The van der Waals surface area contributed by atoms with E-state index < -0.39 is 0 Å². The van der Waals surface area contributed by atoms with Crippen LogP contribution in [0.15, 0.2) is 130 Å². The summed E-state index contributed by atoms with van der Waals surface area (Å²) in [5.74, 6) is 0. The zero-order valence-corrected chi connectivity index (χ0v) is 25.3. The number of aromatic nitrogens is 2. The monoisotopic (exact) mass is 609 g/mol. The van der Waals surface area contributed by atoms with Gasteiger partial charge in [0, 0.05) is 38.0 Å². The van der Waals surface area contributed by atoms with Crippen LogP contribution in [-0.2, 0) is 0 Å². The van der Waals surface area contributed by atoms with E-state index in [1.54, 1.807) is 0 Å². The number of furan rings is 2. The van der Waals surface area contributed by atoms with Crippen LogP contribution in [0, 0.1) is 0 Å². The molecule has 13 rings (SSSR count). The van der Waals surface area contributed by atoms with Gasteiger partial charge < -0.3 is 13.7 Å². The van der Waals surface area contributed by atoms with Gasteiger partial charge in [0.15, 0.2) is 11.2 Å². The van der Waals surface area contributed by atoms with E-state index in [0.29, 0.717) is 0 Å². The highest BCUT2D eigenvalue weighted by atomic mass is 16.3. The number of rotatable bonds is 1. The molecule has 3 aliphatic heterocycles. The zero-order chi connectivity index (χ0) is 30.8. The van der Waals surface area contributed by atoms with Crippen molar-refractivity contribution in [2.24, 2.45) is 0 Å². The molecule has 48 heavy (non-hydrogen) atoms. The van der Waals surface area contributed by atoms with Gasteiger partial charge in [0.1, 0.15) is 22.2 Å². The van der Waals surface area contributed by atoms with Gasteiger partial charge in [0.2, 0.25) is 6.71 Å². The number of fused-ring (bicyclic) bond motifs is 10. The van der Waals surface area contributed by atoms with E-state index in [2.05, 4.69) is 114 Å². The molecule has 4 aromatic heterocycles. The van der Waals surface area contributed by atoms with Crippen LogP contribution in [0.25, 0.3) is 87.9 Å². The van der Waals surface area contributed by atoms with Gasteiger partial charge >= 0.3 is 0 Å². The van der Waals surface area contributed by atoms with Crippen LogP contribution in [0.3, 0.4) is 0 Å². The third kappa shape index (κ3) is 2.57. The Hall–Kier alpha value is -6.40. The number of anilines is 3. The number of nitrogens with zero attached hydrogens (tertiary/aromatic N) is 3. The molecule has 218 valence electrons. The molecule has 0 N–H and O–H groups in total. The van der Waals surface area contributed by atoms with Crippen molar-refractivity contribution >= 4 is 106 Å². The molecule has 0 saturated carbocycles. The van der Waals surface area contributed by atoms with E-state index in [-0.39, 0.29) is 6.71 Å². The van der Waals surface area contributed by atoms with Crippen LogP contribution in [-0.4, -0.2) is 16.7 Å². The molecular formula is C42H20BN3O2. The van der Waals surface area contributed by atoms with Crippen molar-refractivity contribution in [3.63, 3.8) is 0 Å². The smallest absolute Gasteiger partial charge is 0.250 e. The minimum atomic E-state index is 0.000758. The predicted octanol–water partition coefficient (Wildman–Crippen LogP) is 8.84. The second kappa shape index (κ2) is 7.93. The highest BCUT2D eigenvalue weighted by Gasteiger charge is 2.47. The Labute approximate surface area is 272 Å². The summed E-state index contributed by atoms with van der Waals surface area (Å²) in [6.45, 7) is 0.000758. The van der Waals surface area contributed by atoms with Crippen LogP contribution in [0.5, 0.6) is 0 Å². The lowest BCUT2D eigenvalue weighted by molar-refractivity contribution is 0.671. The minimum absolute atomic E-state index is 0.000758. The first-order chi connectivity index (χ1) is 23.8. The Bertz CT molecular complexity index is 2950. The lowest BCUT2D eigenvalue weighted by atomic mass is 9.30. The summed E-state index contributed by atoms with van der Waals surface area (Å²) in [4.78, 5) is 12.8. The zero-order valence-electron chi connectivity index (χ0n) is 25.3. The van der Waals surface area contributed by atoms with E-state index in [0.717, 1.165) is 72.0 Å². The second-order valence-electron chi connectivity index (χ2n) is 13.2. The quantitative estimate of drug-likeness (QED) is 0.174. The lowest BCUT2D eigenvalue weighted by Crippen LogP contribution is -2.61. The fourth-order valence-corrected chi connectivity index (χ4v) is 9.25. The number of para-hydroxylation sites is 3. The topological polar surface area (TPSA) is 55.3 Å². The van der Waals surface area contributed by atoms with Crippen molar-refractivity contribution in [1.29, 1.82) is 0 Å². The maximum absolute atomic E-state index is 6.60. The maximum atomic E-state index is 6.60. The summed E-state index contributed by atoms with van der Waals surface area (Å²) in [6, 6.07) is 38.8. The number of pyridine rings is 2. The van der Waals surface area contributed by atoms with Crippen molar-refractivity contribution < 1.29 is 8.83 Å². The molecule has 6 heteroatoms. The number of hydrogen-bond donors (Lipinski definition) is 0. The van der Waals surface area contributed by atoms with Crippen molar-refractivity contribution in [2.45, 2.75) is 0 Å². The molecule has 0 radical (unpaired) electrons. The van der Waals surface area contributed by atoms with Gasteiger partial charge in [-0.3, -0.25) is 9.97 Å². The molecule has 0 aliphatic carbocycles. The Morgan fingerprint density at radius 3 is 1.56 bits per heavy atom. The first kappa shape index (κ1) is 23.9. The fourth-order valence-electron chi connectivity index (χ4n) is 9.25. The van der Waals surface area contributed by atoms with Gasteiger partial charge in [0.05, 0.1) is 23.8 Å². The molecule has 0 bridgehead atoms. The van der Waals surface area contributed by atoms with Crippen LogP contribution in [0.2, 0.25) is 0 Å². The van der Waals surface area contributed by atoms with Crippen LogP contribution in [0.4, 0.5) is 17.1 Å². The van der Waals surface area contributed by atoms with E-state index >= 15 is 0 Å². The van der Waals surface area contributed by atoms with Crippen LogP contribution < -0.4 is 21.3 Å². The van der Waals surface area contributed by atoms with Crippen molar-refractivity contribution in [1.82, 2.24) is 9.97 Å². The van der Waals surface area contributed by atoms with E-state index in [4.69, 9.17) is 18.8 Å². The lowest BCUT2D eigenvalue weighted by Gasteiger charge is -2.42. The van der Waals surface area contributed by atoms with Gasteiger partial charge in [-0.05, 0) is 69.6 Å². The van der Waals surface area contributed by atoms with Gasteiger partial charge in [-0.25, -0.2) is 0 Å². The summed E-state index contributed by atoms with van der Waals surface area (Å²) < 4.78 is 13.2. The first-order valence-corrected chi connectivity index (χ1v) is 16.4. The highest BCUT2D eigenvalue weighted by Crippen LogP contribution is 2.49. The third-order valence-electron chi connectivity index (χ3n) is 11.1. The number of hydrogen-bond acceptors (Lipinski definition) is 5. The van der Waals surface area contributed by atoms with E-state index in [1.165, 1.54) is 49.4 Å². The molecule has 0 fully saturated rings. The van der Waals surface area contributed by atoms with Gasteiger partial charge in [-0.15, -0.1) is 0 Å². The summed E-state index contributed by atoms with van der Waals surface area (Å²) in [5.41, 5.74) is 17.3. The molecule has 7 heterocycles. The highest BCUT2D eigenvalue weighted by molar-refractivity contribution is 7.03. The van der Waals surface area contributed by atoms with Crippen molar-refractivity contribution in [3.8, 4) is 22.3 Å². The van der Waals surface area contributed by atoms with Gasteiger partial charge in [-0.1, -0.05) is 78.3 Å². The standard InChI is InChI=1S/C42H20BN3O2/c1-2-9-21(10-3-1)46-30-19-44-39-34-26(17-28-22-11-4-6-15-32(22)47-41(28)39)24-13-8-14-25-27-18-29-23-12-5-7-16-33(23)48-42(29)40-35(27)38(31(46)20-45-40)43(36(24)25)37(30)34/h1-20H. The summed E-state index contributed by atoms with van der Waals surface area (Å²) in [5, 5.41) is 6.75. The Kier molecular flexibility index (Phi) is 3.95. The summed E-state index contributed by atoms with van der Waals surface area (Å²) in [6.07, 6.45) is 4.11. The molecule has 0 saturated heterocycles. The fraction of sp³-hybridized carbons (Fsp3) is 0. The molecule has 0 unspecified atom stereocenters. The predicted molar refractivity (Wildman–Crippen MR) is 195 cm³/mol. The molecule has 0 spiro atoms. The molecule has 6 aromatic carbocycles. The van der Waals surface area contributed by atoms with Gasteiger partial charge in [0.25, 0.3) is 0 Å². The Morgan fingerprint density at radius 2 is 1.00 bits per heavy atom. The molecule has 10 aromatic rings. The van der Waals surface area contributed by atoms with Crippen LogP contribution in [0.1, 0.15) is 0 Å². The second-order valence-corrected chi connectivity index (χ2v) is 13.2. The minimum Gasteiger partial charge on any atom is -0.454 e. The molecule has 0 atom stereocenters. The largest absolute Gasteiger partial charge is 0.454 e. The summed E-state index contributed by atoms with van der Waals surface area (Å²) >= 11 is 0. The maximum Gasteiger partial charge on any atom is 0.250 e. The first-order valence-electron chi connectivity index (χ1n) is 16.4. The molecular weight excluding hydrogens is 589 g/mol.